The van der Waals surface area contributed by atoms with Crippen LogP contribution in [-0.2, 0) is 4.74 Å². The number of nitrogens with one attached hydrogen (secondary N) is 1. The van der Waals surface area contributed by atoms with Gasteiger partial charge in [-0.3, -0.25) is 0 Å². The molecular formula is C16H30F3NO. The van der Waals surface area contributed by atoms with Gasteiger partial charge in [0.05, 0.1) is 6.10 Å². The molecule has 0 aromatic carbocycles. The van der Waals surface area contributed by atoms with Crippen molar-refractivity contribution in [1.82, 2.24) is 5.32 Å². The third-order valence-electron chi connectivity index (χ3n) is 4.13. The monoisotopic (exact) mass is 309 g/mol. The van der Waals surface area contributed by atoms with Gasteiger partial charge in [-0.05, 0) is 19.4 Å². The molecule has 0 bridgehead atoms. The van der Waals surface area contributed by atoms with Crippen LogP contribution in [0.5, 0.6) is 0 Å². The number of rotatable bonds is 4. The molecule has 1 aliphatic rings. The molecule has 0 radical (unpaired) electrons. The number of likely N-dealkylation sites (N-methyl/N-ethyl adjacent to an activating group) is 1. The summed E-state index contributed by atoms with van der Waals surface area (Å²) in [4.78, 5) is 0. The first-order valence-electron chi connectivity index (χ1n) is 8.44. The lowest BCUT2D eigenvalue weighted by molar-refractivity contribution is -0.189. The first kappa shape index (κ1) is 18.8. The molecule has 5 heteroatoms. The molecule has 1 fully saturated rings. The molecular weight excluding hydrogens is 279 g/mol. The van der Waals surface area contributed by atoms with Crippen molar-refractivity contribution in [3.63, 3.8) is 0 Å². The van der Waals surface area contributed by atoms with Crippen molar-refractivity contribution in [3.05, 3.63) is 0 Å². The van der Waals surface area contributed by atoms with Gasteiger partial charge in [-0.15, -0.1) is 0 Å². The second-order valence-corrected chi connectivity index (χ2v) is 6.03. The number of halogens is 3. The van der Waals surface area contributed by atoms with Crippen molar-refractivity contribution in [3.8, 4) is 0 Å². The van der Waals surface area contributed by atoms with Crippen molar-refractivity contribution in [1.29, 1.82) is 0 Å². The van der Waals surface area contributed by atoms with E-state index < -0.39 is 12.8 Å². The van der Waals surface area contributed by atoms with Crippen LogP contribution in [0, 0.1) is 0 Å². The Hall–Kier alpha value is -0.290. The van der Waals surface area contributed by atoms with E-state index in [1.54, 1.807) is 0 Å². The SMILES string of the molecule is CCNC1CCCCCCCCCCC1OCC(F)(F)F. The maximum absolute atomic E-state index is 12.4. The first-order valence-corrected chi connectivity index (χ1v) is 8.44. The Morgan fingerprint density at radius 2 is 1.43 bits per heavy atom. The predicted octanol–water partition coefficient (Wildman–Crippen LogP) is 4.83. The number of hydrogen-bond donors (Lipinski definition) is 1. The average Bonchev–Trinajstić information content (AvgIpc) is 2.40. The molecule has 0 spiro atoms. The van der Waals surface area contributed by atoms with E-state index in [1.165, 1.54) is 32.1 Å². The molecule has 0 saturated heterocycles. The van der Waals surface area contributed by atoms with Crippen LogP contribution >= 0.6 is 0 Å². The van der Waals surface area contributed by atoms with Crippen LogP contribution < -0.4 is 5.32 Å². The van der Waals surface area contributed by atoms with Gasteiger partial charge < -0.3 is 10.1 Å². The largest absolute Gasteiger partial charge is 0.411 e. The summed E-state index contributed by atoms with van der Waals surface area (Å²) < 4.78 is 42.5. The molecule has 1 N–H and O–H groups in total. The van der Waals surface area contributed by atoms with Crippen LogP contribution in [0.25, 0.3) is 0 Å². The Morgan fingerprint density at radius 1 is 0.905 bits per heavy atom. The second kappa shape index (κ2) is 10.4. The molecule has 2 unspecified atom stereocenters. The van der Waals surface area contributed by atoms with Crippen LogP contribution in [0.15, 0.2) is 0 Å². The zero-order valence-electron chi connectivity index (χ0n) is 13.2. The fourth-order valence-electron chi connectivity index (χ4n) is 3.05. The summed E-state index contributed by atoms with van der Waals surface area (Å²) in [5, 5.41) is 3.33. The van der Waals surface area contributed by atoms with Gasteiger partial charge in [0, 0.05) is 6.04 Å². The maximum Gasteiger partial charge on any atom is 0.411 e. The zero-order chi connectivity index (χ0) is 15.6. The molecule has 0 heterocycles. The van der Waals surface area contributed by atoms with Crippen molar-refractivity contribution in [2.24, 2.45) is 0 Å². The van der Waals surface area contributed by atoms with Crippen molar-refractivity contribution in [2.75, 3.05) is 13.2 Å². The summed E-state index contributed by atoms with van der Waals surface area (Å²) in [6.45, 7) is 1.65. The summed E-state index contributed by atoms with van der Waals surface area (Å²) in [5.41, 5.74) is 0. The molecule has 0 aliphatic heterocycles. The van der Waals surface area contributed by atoms with Gasteiger partial charge in [0.2, 0.25) is 0 Å². The quantitative estimate of drug-likeness (QED) is 0.803. The van der Waals surface area contributed by atoms with Crippen molar-refractivity contribution >= 4 is 0 Å². The van der Waals surface area contributed by atoms with Crippen LogP contribution in [0.3, 0.4) is 0 Å². The van der Waals surface area contributed by atoms with Gasteiger partial charge in [0.15, 0.2) is 0 Å². The van der Waals surface area contributed by atoms with E-state index in [0.717, 1.165) is 38.6 Å². The summed E-state index contributed by atoms with van der Waals surface area (Å²) in [5.74, 6) is 0. The lowest BCUT2D eigenvalue weighted by Gasteiger charge is -2.29. The lowest BCUT2D eigenvalue weighted by Crippen LogP contribution is -2.42. The molecule has 1 rings (SSSR count). The molecule has 0 aromatic rings. The number of hydrogen-bond acceptors (Lipinski definition) is 2. The minimum absolute atomic E-state index is 0.0526. The summed E-state index contributed by atoms with van der Waals surface area (Å²) in [6, 6.07) is 0.0526. The molecule has 0 amide bonds. The van der Waals surface area contributed by atoms with Crippen LogP contribution in [0.2, 0.25) is 0 Å². The van der Waals surface area contributed by atoms with Gasteiger partial charge >= 0.3 is 6.18 Å². The Labute approximate surface area is 126 Å². The molecule has 2 atom stereocenters. The summed E-state index contributed by atoms with van der Waals surface area (Å²) in [7, 11) is 0. The minimum atomic E-state index is -4.24. The predicted molar refractivity (Wildman–Crippen MR) is 79.4 cm³/mol. The molecule has 1 saturated carbocycles. The van der Waals surface area contributed by atoms with Crippen LogP contribution in [-0.4, -0.2) is 31.5 Å². The van der Waals surface area contributed by atoms with Crippen molar-refractivity contribution < 1.29 is 17.9 Å². The van der Waals surface area contributed by atoms with Gasteiger partial charge in [-0.1, -0.05) is 58.3 Å². The van der Waals surface area contributed by atoms with Gasteiger partial charge in [-0.25, -0.2) is 0 Å². The molecule has 21 heavy (non-hydrogen) atoms. The van der Waals surface area contributed by atoms with Gasteiger partial charge in [0.1, 0.15) is 6.61 Å². The maximum atomic E-state index is 12.4. The minimum Gasteiger partial charge on any atom is -0.367 e. The average molecular weight is 309 g/mol. The van der Waals surface area contributed by atoms with E-state index in [-0.39, 0.29) is 12.1 Å². The fraction of sp³-hybridized carbons (Fsp3) is 1.00. The Bertz CT molecular complexity index is 258. The van der Waals surface area contributed by atoms with E-state index in [1.807, 2.05) is 6.92 Å². The Balaban J connectivity index is 2.56. The molecule has 2 nitrogen and oxygen atoms in total. The number of alkyl halides is 3. The van der Waals surface area contributed by atoms with E-state index in [9.17, 15) is 13.2 Å². The van der Waals surface area contributed by atoms with Gasteiger partial charge in [0.25, 0.3) is 0 Å². The van der Waals surface area contributed by atoms with E-state index in [4.69, 9.17) is 4.74 Å². The number of ether oxygens (including phenoxy) is 1. The van der Waals surface area contributed by atoms with E-state index in [2.05, 4.69) is 5.32 Å². The van der Waals surface area contributed by atoms with Crippen LogP contribution in [0.1, 0.15) is 71.1 Å². The van der Waals surface area contributed by atoms with Crippen LogP contribution in [0.4, 0.5) is 13.2 Å². The van der Waals surface area contributed by atoms with Gasteiger partial charge in [-0.2, -0.15) is 13.2 Å². The highest BCUT2D eigenvalue weighted by Gasteiger charge is 2.31. The second-order valence-electron chi connectivity index (χ2n) is 6.03. The summed E-state index contributed by atoms with van der Waals surface area (Å²) in [6.07, 6.45) is 6.39. The summed E-state index contributed by atoms with van der Waals surface area (Å²) >= 11 is 0. The molecule has 0 aromatic heterocycles. The Kier molecular flexibility index (Phi) is 9.32. The highest BCUT2D eigenvalue weighted by Crippen LogP contribution is 2.22. The standard InChI is InChI=1S/C16H30F3NO/c1-2-20-14-11-9-7-5-3-4-6-8-10-12-15(14)21-13-16(17,18)19/h14-15,20H,2-13H2,1H3. The Morgan fingerprint density at radius 3 is 1.95 bits per heavy atom. The molecule has 126 valence electrons. The fourth-order valence-corrected chi connectivity index (χ4v) is 3.05. The molecule has 1 aliphatic carbocycles. The topological polar surface area (TPSA) is 21.3 Å². The zero-order valence-corrected chi connectivity index (χ0v) is 13.2. The smallest absolute Gasteiger partial charge is 0.367 e. The third-order valence-corrected chi connectivity index (χ3v) is 4.13. The third kappa shape index (κ3) is 9.35. The highest BCUT2D eigenvalue weighted by atomic mass is 19.4. The normalized spacial score (nSPS) is 26.9. The van der Waals surface area contributed by atoms with E-state index >= 15 is 0 Å². The van der Waals surface area contributed by atoms with Crippen molar-refractivity contribution in [2.45, 2.75) is 89.5 Å². The lowest BCUT2D eigenvalue weighted by atomic mass is 9.95. The van der Waals surface area contributed by atoms with E-state index in [0.29, 0.717) is 0 Å². The first-order chi connectivity index (χ1) is 10.0. The highest BCUT2D eigenvalue weighted by molar-refractivity contribution is 4.78.